The molecule has 4 N–H and O–H groups in total. The minimum Gasteiger partial charge on any atom is -0.444 e. The Morgan fingerprint density at radius 1 is 0.886 bits per heavy atom. The maximum atomic E-state index is 14.1. The lowest BCUT2D eigenvalue weighted by atomic mass is 10.0. The summed E-state index contributed by atoms with van der Waals surface area (Å²) >= 11 is 0. The van der Waals surface area contributed by atoms with E-state index in [2.05, 4.69) is 41.2 Å². The zero-order valence-electron chi connectivity index (χ0n) is 38.2. The average Bonchev–Trinajstić information content (AvgIpc) is 3.77. The lowest BCUT2D eigenvalue weighted by Crippen LogP contribution is -2.54. The van der Waals surface area contributed by atoms with Crippen molar-refractivity contribution in [3.8, 4) is 17.1 Å². The average molecular weight is 963 g/mol. The number of likely N-dealkylation sites (tertiary alicyclic amines) is 1. The molecule has 1 unspecified atom stereocenters. The van der Waals surface area contributed by atoms with Crippen LogP contribution in [0.5, 0.6) is 0 Å². The first-order valence-electron chi connectivity index (χ1n) is 23.5. The number of anilines is 3. The van der Waals surface area contributed by atoms with Crippen LogP contribution in [-0.4, -0.2) is 130 Å². The maximum Gasteiger partial charge on any atom is 0.284 e. The van der Waals surface area contributed by atoms with Gasteiger partial charge in [-0.05, 0) is 99.0 Å². The Morgan fingerprint density at radius 2 is 1.66 bits per heavy atom. The molecule has 21 heteroatoms. The topological polar surface area (TPSA) is 232 Å². The summed E-state index contributed by atoms with van der Waals surface area (Å²) in [7, 11) is 0. The molecule has 9 rings (SSSR count). The molecule has 19 nitrogen and oxygen atoms in total. The first-order valence-corrected chi connectivity index (χ1v) is 23.5. The summed E-state index contributed by atoms with van der Waals surface area (Å²) in [6, 6.07) is 14.0. The molecule has 1 saturated carbocycles. The smallest absolute Gasteiger partial charge is 0.284 e. The monoisotopic (exact) mass is 962 g/mol. The molecule has 0 spiro atoms. The highest BCUT2D eigenvalue weighted by Crippen LogP contribution is 2.32. The van der Waals surface area contributed by atoms with Gasteiger partial charge in [-0.25, -0.2) is 23.4 Å². The number of carbonyl (C=O) groups is 6. The minimum absolute atomic E-state index is 0.0649. The Bertz CT molecular complexity index is 2750. The summed E-state index contributed by atoms with van der Waals surface area (Å²) < 4.78 is 46.4. The van der Waals surface area contributed by atoms with Crippen LogP contribution in [0.3, 0.4) is 0 Å². The Labute approximate surface area is 400 Å². The van der Waals surface area contributed by atoms with E-state index in [-0.39, 0.29) is 59.5 Å². The van der Waals surface area contributed by atoms with Crippen molar-refractivity contribution in [1.29, 1.82) is 0 Å². The minimum atomic E-state index is -2.99. The van der Waals surface area contributed by atoms with E-state index in [1.807, 2.05) is 0 Å². The number of hydrogen-bond acceptors (Lipinski definition) is 15. The number of amides is 5. The van der Waals surface area contributed by atoms with Crippen molar-refractivity contribution in [3.05, 3.63) is 101 Å². The van der Waals surface area contributed by atoms with Crippen LogP contribution in [0, 0.1) is 5.92 Å². The van der Waals surface area contributed by atoms with Gasteiger partial charge in [-0.1, -0.05) is 0 Å². The number of carbonyl (C=O) groups excluding carboxylic acids is 6. The summed E-state index contributed by atoms with van der Waals surface area (Å²) in [6.45, 7) is 4.98. The Balaban J connectivity index is 0.644. The molecule has 366 valence electrons. The van der Waals surface area contributed by atoms with Crippen molar-refractivity contribution in [2.75, 3.05) is 68.6 Å². The largest absolute Gasteiger partial charge is 0.444 e. The maximum absolute atomic E-state index is 14.1. The predicted octanol–water partition coefficient (Wildman–Crippen LogP) is 5.91. The van der Waals surface area contributed by atoms with Crippen LogP contribution in [0.15, 0.2) is 77.7 Å². The molecule has 0 bridgehead atoms. The number of alkyl halides is 2. The molecular formula is C49H52F2N10O9. The van der Waals surface area contributed by atoms with Crippen LogP contribution < -0.4 is 21.3 Å². The molecule has 1 aliphatic carbocycles. The quantitative estimate of drug-likeness (QED) is 0.0359. The second kappa shape index (κ2) is 21.6. The molecule has 6 heterocycles. The number of hydrogen-bond donors (Lipinski definition) is 4. The fraction of sp³-hybridized carbons (Fsp3) is 0.408. The highest BCUT2D eigenvalue weighted by Gasteiger charge is 2.44. The highest BCUT2D eigenvalue weighted by molar-refractivity contribution is 6.23. The van der Waals surface area contributed by atoms with E-state index in [1.54, 1.807) is 60.8 Å². The van der Waals surface area contributed by atoms with Crippen molar-refractivity contribution < 1.29 is 51.4 Å². The summed E-state index contributed by atoms with van der Waals surface area (Å²) in [5, 5.41) is 15.5. The molecule has 2 aromatic carbocycles. The van der Waals surface area contributed by atoms with Crippen molar-refractivity contribution in [3.63, 3.8) is 0 Å². The number of ketones is 1. The number of oxazole rings is 1. The predicted molar refractivity (Wildman–Crippen MR) is 249 cm³/mol. The van der Waals surface area contributed by atoms with Crippen LogP contribution in [0.25, 0.3) is 17.1 Å². The number of nitrogens with zero attached hydrogens (tertiary/aromatic N) is 6. The molecule has 2 saturated heterocycles. The van der Waals surface area contributed by atoms with Crippen LogP contribution in [0.1, 0.15) is 105 Å². The normalized spacial score (nSPS) is 17.5. The van der Waals surface area contributed by atoms with Crippen molar-refractivity contribution in [2.24, 2.45) is 5.92 Å². The molecule has 4 aliphatic rings. The first kappa shape index (κ1) is 47.8. The number of aromatic nitrogens is 4. The number of halogens is 2. The number of ether oxygens (including phenoxy) is 2. The van der Waals surface area contributed by atoms with Gasteiger partial charge in [-0.2, -0.15) is 5.10 Å². The Morgan fingerprint density at radius 3 is 2.41 bits per heavy atom. The summed E-state index contributed by atoms with van der Waals surface area (Å²) in [4.78, 5) is 88.0. The van der Waals surface area contributed by atoms with Gasteiger partial charge >= 0.3 is 0 Å². The summed E-state index contributed by atoms with van der Waals surface area (Å²) in [5.41, 5.74) is 1.73. The van der Waals surface area contributed by atoms with Gasteiger partial charge in [-0.3, -0.25) is 39.0 Å². The molecular weight excluding hydrogens is 911 g/mol. The van der Waals surface area contributed by atoms with Crippen LogP contribution in [0.4, 0.5) is 26.0 Å². The Kier molecular flexibility index (Phi) is 14.8. The molecule has 5 amide bonds. The summed E-state index contributed by atoms with van der Waals surface area (Å²) in [6.07, 6.45) is 6.08. The van der Waals surface area contributed by atoms with Gasteiger partial charge in [0.1, 0.15) is 18.1 Å². The molecule has 3 fully saturated rings. The van der Waals surface area contributed by atoms with E-state index in [4.69, 9.17) is 13.9 Å². The Hall–Kier alpha value is -7.23. The third-order valence-electron chi connectivity index (χ3n) is 12.7. The number of Topliss-reactive ketones (excluding diaryl/α,β-unsaturated/α-hetero) is 1. The van der Waals surface area contributed by atoms with Gasteiger partial charge in [0.15, 0.2) is 17.2 Å². The number of pyridine rings is 1. The van der Waals surface area contributed by atoms with E-state index in [9.17, 15) is 37.5 Å². The zero-order valence-corrected chi connectivity index (χ0v) is 38.2. The van der Waals surface area contributed by atoms with Crippen molar-refractivity contribution in [2.45, 2.75) is 69.9 Å². The second-order valence-electron chi connectivity index (χ2n) is 17.7. The van der Waals surface area contributed by atoms with Crippen LogP contribution in [0.2, 0.25) is 0 Å². The molecule has 70 heavy (non-hydrogen) atoms. The standard InChI is InChI=1S/C49H52F2N10O9/c50-44(51)43-37(55-45(64)38-28-70-47(56-38)31-13-16-52-41(24-31)53-26-29-3-4-29)27-60(58-43)34-8-5-30(6-9-34)40(62)2-1-20-68-22-23-69-21-19-59-17-14-32(15-18-59)54-33-7-10-35-36(25-33)49(67)61(48(35)66)39-11-12-42(63)57-46(39)65/h5-10,13,16,24-25,27-29,32,39,44,54H,1-4,11-12,14-15,17-23,26H2,(H,52,53)(H,55,64)(H,57,63,65). The van der Waals surface area contributed by atoms with Crippen molar-refractivity contribution in [1.82, 2.24) is 34.9 Å². The van der Waals surface area contributed by atoms with Gasteiger partial charge in [0.2, 0.25) is 17.7 Å². The number of benzene rings is 2. The van der Waals surface area contributed by atoms with Gasteiger partial charge in [0, 0.05) is 74.7 Å². The summed E-state index contributed by atoms with van der Waals surface area (Å²) in [5.74, 6) is -1.50. The van der Waals surface area contributed by atoms with Crippen LogP contribution >= 0.6 is 0 Å². The third kappa shape index (κ3) is 11.4. The number of piperidine rings is 2. The number of imide groups is 2. The zero-order chi connectivity index (χ0) is 48.7. The lowest BCUT2D eigenvalue weighted by molar-refractivity contribution is -0.136. The molecule has 3 aromatic heterocycles. The van der Waals surface area contributed by atoms with Gasteiger partial charge in [0.05, 0.1) is 48.5 Å². The van der Waals surface area contributed by atoms with E-state index < -0.39 is 47.7 Å². The van der Waals surface area contributed by atoms with Gasteiger partial charge in [-0.15, -0.1) is 0 Å². The van der Waals surface area contributed by atoms with E-state index in [0.29, 0.717) is 61.4 Å². The first-order chi connectivity index (χ1) is 34.0. The van der Waals surface area contributed by atoms with E-state index in [0.717, 1.165) is 55.9 Å². The molecule has 0 radical (unpaired) electrons. The second-order valence-corrected chi connectivity index (χ2v) is 17.7. The number of rotatable bonds is 22. The van der Waals surface area contributed by atoms with Gasteiger partial charge in [0.25, 0.3) is 24.1 Å². The van der Waals surface area contributed by atoms with Crippen molar-refractivity contribution >= 4 is 52.5 Å². The molecule has 3 aliphatic heterocycles. The van der Waals surface area contributed by atoms with E-state index >= 15 is 0 Å². The fourth-order valence-corrected chi connectivity index (χ4v) is 8.60. The number of fused-ring (bicyclic) bond motifs is 1. The fourth-order valence-electron chi connectivity index (χ4n) is 8.60. The SMILES string of the molecule is O=C1CCC(N2C(=O)c3ccc(NC4CCN(CCOCCOCCCC(=O)c5ccc(-n6cc(NC(=O)c7coc(-c8ccnc(NCC9CC9)c8)n7)c(C(F)F)n6)cc5)CC4)cc3C2=O)C(=O)N1. The third-order valence-corrected chi connectivity index (χ3v) is 12.7. The van der Waals surface area contributed by atoms with Gasteiger partial charge < -0.3 is 34.7 Å². The van der Waals surface area contributed by atoms with E-state index in [1.165, 1.54) is 23.7 Å². The highest BCUT2D eigenvalue weighted by atomic mass is 19.3. The molecule has 1 atom stereocenters. The number of nitrogens with one attached hydrogen (secondary N) is 4. The van der Waals surface area contributed by atoms with Crippen LogP contribution in [-0.2, 0) is 19.1 Å². The lowest BCUT2D eigenvalue weighted by Gasteiger charge is -2.32. The molecule has 5 aromatic rings.